The zero-order valence-corrected chi connectivity index (χ0v) is 22.2. The minimum atomic E-state index is -3.72. The molecular weight excluding hydrogens is 490 g/mol. The second-order valence-corrected chi connectivity index (χ2v) is 12.1. The molecule has 0 saturated carbocycles. The van der Waals surface area contributed by atoms with Crippen molar-refractivity contribution in [2.24, 2.45) is 0 Å². The van der Waals surface area contributed by atoms with Gasteiger partial charge in [-0.15, -0.1) is 0 Å². The molecule has 1 heterocycles. The van der Waals surface area contributed by atoms with Gasteiger partial charge in [-0.1, -0.05) is 25.5 Å². The number of hydrogen-bond donors (Lipinski definition) is 1. The Hall–Kier alpha value is -2.18. The van der Waals surface area contributed by atoms with Crippen molar-refractivity contribution in [3.8, 4) is 5.75 Å². The molecule has 1 fully saturated rings. The van der Waals surface area contributed by atoms with E-state index in [1.807, 2.05) is 17.0 Å². The van der Waals surface area contributed by atoms with Crippen molar-refractivity contribution in [2.45, 2.75) is 36.0 Å². The molecule has 11 heteroatoms. The number of rotatable bonds is 12. The van der Waals surface area contributed by atoms with Gasteiger partial charge in [-0.3, -0.25) is 0 Å². The van der Waals surface area contributed by atoms with E-state index in [1.165, 1.54) is 24.6 Å². The van der Waals surface area contributed by atoms with E-state index >= 15 is 0 Å². The van der Waals surface area contributed by atoms with Crippen LogP contribution in [0.25, 0.3) is 0 Å². The molecule has 3 rings (SSSR count). The predicted molar refractivity (Wildman–Crippen MR) is 136 cm³/mol. The SMILES string of the molecule is CCCCc1ccc(S(=O)(=O)N2CCN(c3cc(S(=O)(=O)NCCOC)ccc3OC)CC2)cc1. The van der Waals surface area contributed by atoms with Gasteiger partial charge in [-0.2, -0.15) is 4.31 Å². The Kier molecular flexibility index (Phi) is 9.54. The van der Waals surface area contributed by atoms with Gasteiger partial charge in [0.05, 0.1) is 29.2 Å². The number of nitrogens with zero attached hydrogens (tertiary/aromatic N) is 2. The molecule has 0 unspecified atom stereocenters. The van der Waals surface area contributed by atoms with Gasteiger partial charge >= 0.3 is 0 Å². The second kappa shape index (κ2) is 12.2. The van der Waals surface area contributed by atoms with Gasteiger partial charge in [0, 0.05) is 39.8 Å². The van der Waals surface area contributed by atoms with E-state index in [-0.39, 0.29) is 31.1 Å². The Labute approximate surface area is 209 Å². The quantitative estimate of drug-likeness (QED) is 0.425. The highest BCUT2D eigenvalue weighted by Gasteiger charge is 2.30. The first-order chi connectivity index (χ1) is 16.7. The number of hydrogen-bond acceptors (Lipinski definition) is 7. The van der Waals surface area contributed by atoms with Crippen LogP contribution in [0.15, 0.2) is 52.3 Å². The molecule has 0 amide bonds. The van der Waals surface area contributed by atoms with Gasteiger partial charge in [-0.25, -0.2) is 21.6 Å². The maximum atomic E-state index is 13.2. The Morgan fingerprint density at radius 3 is 2.17 bits per heavy atom. The van der Waals surface area contributed by atoms with Gasteiger partial charge in [0.2, 0.25) is 20.0 Å². The van der Waals surface area contributed by atoms with Crippen LogP contribution in [-0.2, 0) is 31.2 Å². The summed E-state index contributed by atoms with van der Waals surface area (Å²) in [4.78, 5) is 2.36. The van der Waals surface area contributed by atoms with E-state index in [1.54, 1.807) is 24.3 Å². The molecule has 1 aliphatic rings. The molecule has 2 aromatic rings. The smallest absolute Gasteiger partial charge is 0.243 e. The van der Waals surface area contributed by atoms with Crippen molar-refractivity contribution < 1.29 is 26.3 Å². The number of methoxy groups -OCH3 is 2. The van der Waals surface area contributed by atoms with Crippen LogP contribution in [-0.4, -0.2) is 74.7 Å². The Bertz CT molecular complexity index is 1180. The first kappa shape index (κ1) is 27.4. The second-order valence-electron chi connectivity index (χ2n) is 8.36. The van der Waals surface area contributed by atoms with Crippen LogP contribution in [0.1, 0.15) is 25.3 Å². The molecular formula is C24H35N3O6S2. The van der Waals surface area contributed by atoms with Crippen LogP contribution in [0.5, 0.6) is 5.75 Å². The highest BCUT2D eigenvalue weighted by Crippen LogP contribution is 2.32. The first-order valence-electron chi connectivity index (χ1n) is 11.7. The summed E-state index contributed by atoms with van der Waals surface area (Å²) in [6.45, 7) is 3.94. The maximum Gasteiger partial charge on any atom is 0.243 e. The third kappa shape index (κ3) is 6.73. The zero-order valence-electron chi connectivity index (χ0n) is 20.6. The monoisotopic (exact) mass is 525 g/mol. The Morgan fingerprint density at radius 2 is 1.57 bits per heavy atom. The normalized spacial score (nSPS) is 15.3. The Morgan fingerprint density at radius 1 is 0.914 bits per heavy atom. The molecule has 2 aromatic carbocycles. The van der Waals surface area contributed by atoms with E-state index in [2.05, 4.69) is 11.6 Å². The van der Waals surface area contributed by atoms with E-state index in [9.17, 15) is 16.8 Å². The number of anilines is 1. The third-order valence-electron chi connectivity index (χ3n) is 6.02. The fourth-order valence-electron chi connectivity index (χ4n) is 3.97. The van der Waals surface area contributed by atoms with Crippen LogP contribution >= 0.6 is 0 Å². The standard InChI is InChI=1S/C24H35N3O6S2/c1-4-5-6-20-7-9-21(10-8-20)35(30,31)27-16-14-26(15-17-27)23-19-22(11-12-24(23)33-3)34(28,29)25-13-18-32-2/h7-12,19,25H,4-6,13-18H2,1-3H3. The van der Waals surface area contributed by atoms with Crippen LogP contribution in [0, 0.1) is 0 Å². The number of piperazine rings is 1. The molecule has 0 aromatic heterocycles. The summed E-state index contributed by atoms with van der Waals surface area (Å²) in [6.07, 6.45) is 3.10. The summed E-state index contributed by atoms with van der Waals surface area (Å²) in [5.41, 5.74) is 1.74. The van der Waals surface area contributed by atoms with Crippen molar-refractivity contribution in [2.75, 3.05) is 58.5 Å². The maximum absolute atomic E-state index is 13.2. The summed E-state index contributed by atoms with van der Waals surface area (Å²) in [7, 11) is -4.30. The van der Waals surface area contributed by atoms with Crippen molar-refractivity contribution in [1.82, 2.24) is 9.03 Å². The largest absolute Gasteiger partial charge is 0.495 e. The number of nitrogens with one attached hydrogen (secondary N) is 1. The number of benzene rings is 2. The number of ether oxygens (including phenoxy) is 2. The predicted octanol–water partition coefficient (Wildman–Crippen LogP) is 2.47. The van der Waals surface area contributed by atoms with Crippen LogP contribution in [0.3, 0.4) is 0 Å². The third-order valence-corrected chi connectivity index (χ3v) is 9.39. The molecule has 194 valence electrons. The molecule has 0 radical (unpaired) electrons. The lowest BCUT2D eigenvalue weighted by Gasteiger charge is -2.36. The topological polar surface area (TPSA) is 105 Å². The summed E-state index contributed by atoms with van der Waals surface area (Å²) in [6, 6.07) is 11.8. The van der Waals surface area contributed by atoms with Crippen LogP contribution in [0.2, 0.25) is 0 Å². The van der Waals surface area contributed by atoms with Crippen molar-refractivity contribution in [1.29, 1.82) is 0 Å². The summed E-state index contributed by atoms with van der Waals surface area (Å²) in [5.74, 6) is 0.528. The molecule has 35 heavy (non-hydrogen) atoms. The summed E-state index contributed by atoms with van der Waals surface area (Å²) in [5, 5.41) is 0. The zero-order chi connectivity index (χ0) is 25.5. The lowest BCUT2D eigenvalue weighted by molar-refractivity contribution is 0.204. The fraction of sp³-hybridized carbons (Fsp3) is 0.500. The van der Waals surface area contributed by atoms with Crippen molar-refractivity contribution in [3.05, 3.63) is 48.0 Å². The van der Waals surface area contributed by atoms with E-state index in [0.29, 0.717) is 29.4 Å². The molecule has 0 atom stereocenters. The molecule has 0 bridgehead atoms. The molecule has 0 aliphatic carbocycles. The van der Waals surface area contributed by atoms with Gasteiger partial charge in [0.1, 0.15) is 5.75 Å². The fourth-order valence-corrected chi connectivity index (χ4v) is 6.43. The van der Waals surface area contributed by atoms with Gasteiger partial charge in [0.25, 0.3) is 0 Å². The van der Waals surface area contributed by atoms with Gasteiger partial charge < -0.3 is 14.4 Å². The van der Waals surface area contributed by atoms with Crippen molar-refractivity contribution in [3.63, 3.8) is 0 Å². The lowest BCUT2D eigenvalue weighted by Crippen LogP contribution is -2.48. The molecule has 1 aliphatic heterocycles. The van der Waals surface area contributed by atoms with Gasteiger partial charge in [-0.05, 0) is 48.7 Å². The molecule has 1 N–H and O–H groups in total. The highest BCUT2D eigenvalue weighted by molar-refractivity contribution is 7.89. The summed E-state index contributed by atoms with van der Waals surface area (Å²) < 4.78 is 66.0. The van der Waals surface area contributed by atoms with E-state index in [0.717, 1.165) is 24.8 Å². The average molecular weight is 526 g/mol. The highest BCUT2D eigenvalue weighted by atomic mass is 32.2. The minimum absolute atomic E-state index is 0.114. The van der Waals surface area contributed by atoms with Gasteiger partial charge in [0.15, 0.2) is 0 Å². The number of sulfonamides is 2. The van der Waals surface area contributed by atoms with E-state index < -0.39 is 20.0 Å². The van der Waals surface area contributed by atoms with Crippen molar-refractivity contribution >= 4 is 25.7 Å². The van der Waals surface area contributed by atoms with Crippen LogP contribution < -0.4 is 14.4 Å². The molecule has 0 spiro atoms. The van der Waals surface area contributed by atoms with Crippen LogP contribution in [0.4, 0.5) is 5.69 Å². The van der Waals surface area contributed by atoms with E-state index in [4.69, 9.17) is 9.47 Å². The lowest BCUT2D eigenvalue weighted by atomic mass is 10.1. The summed E-state index contributed by atoms with van der Waals surface area (Å²) >= 11 is 0. The minimum Gasteiger partial charge on any atom is -0.495 e. The molecule has 1 saturated heterocycles. The Balaban J connectivity index is 1.73. The molecule has 9 nitrogen and oxygen atoms in total. The number of unbranched alkanes of at least 4 members (excludes halogenated alkanes) is 1. The first-order valence-corrected chi connectivity index (χ1v) is 14.7. The number of aryl methyl sites for hydroxylation is 1. The average Bonchev–Trinajstić information content (AvgIpc) is 2.87.